The van der Waals surface area contributed by atoms with Gasteiger partial charge < -0.3 is 64.4 Å². The zero-order valence-electron chi connectivity index (χ0n) is 40.2. The summed E-state index contributed by atoms with van der Waals surface area (Å²) in [5.41, 5.74) is 18.9. The minimum Gasteiger partial charge on any atom is -0.370 e. The van der Waals surface area contributed by atoms with E-state index in [0.29, 0.717) is 23.6 Å². The largest absolute Gasteiger partial charge is 0.370 e. The van der Waals surface area contributed by atoms with E-state index in [0.717, 1.165) is 36.6 Å². The van der Waals surface area contributed by atoms with E-state index < -0.39 is 102 Å². The molecule has 1 aromatic carbocycles. The first-order valence-corrected chi connectivity index (χ1v) is 23.7. The lowest BCUT2D eigenvalue weighted by Gasteiger charge is -2.27. The van der Waals surface area contributed by atoms with Crippen molar-refractivity contribution in [1.29, 1.82) is 0 Å². The number of nitrogens with zero attached hydrogens (tertiary/aromatic N) is 1. The molecule has 15 N–H and O–H groups in total. The SMILES string of the molecule is CC(C)[C@H](NC(=O)[C@H](C)NC(=O)[C@@H](Cc1c[nH]c2ccccc12)NC(=O)[C@@H](N)CCC(N)=O)C(=O)NCC(=O)N[C@@H](Cc1cnc[nH]1)C(=O)N[C@H](CCC(=O)N[C@H](CC1CCCC1)C(N)=O)C(C)C. The lowest BCUT2D eigenvalue weighted by Crippen LogP contribution is -2.58. The second-order valence-corrected chi connectivity index (χ2v) is 18.6. The number of hydrogen-bond donors (Lipinski definition) is 12. The molecule has 0 unspecified atom stereocenters. The van der Waals surface area contributed by atoms with Gasteiger partial charge >= 0.3 is 0 Å². The number of para-hydroxylation sites is 1. The number of benzene rings is 1. The Hall–Kier alpha value is -6.84. The van der Waals surface area contributed by atoms with Crippen molar-refractivity contribution in [1.82, 2.24) is 52.2 Å². The summed E-state index contributed by atoms with van der Waals surface area (Å²) >= 11 is 0. The molecule has 7 atom stereocenters. The van der Waals surface area contributed by atoms with Gasteiger partial charge in [0.05, 0.1) is 18.9 Å². The second kappa shape index (κ2) is 26.6. The number of primary amides is 2. The fourth-order valence-corrected chi connectivity index (χ4v) is 8.21. The molecule has 69 heavy (non-hydrogen) atoms. The Balaban J connectivity index is 1.35. The molecule has 1 fully saturated rings. The van der Waals surface area contributed by atoms with Gasteiger partial charge in [0.15, 0.2) is 0 Å². The Morgan fingerprint density at radius 3 is 2.00 bits per heavy atom. The third-order valence-electron chi connectivity index (χ3n) is 12.4. The van der Waals surface area contributed by atoms with Gasteiger partial charge in [-0.1, -0.05) is 71.6 Å². The van der Waals surface area contributed by atoms with Gasteiger partial charge in [-0.3, -0.25) is 43.2 Å². The zero-order chi connectivity index (χ0) is 50.8. The van der Waals surface area contributed by atoms with Gasteiger partial charge in [-0.2, -0.15) is 0 Å². The summed E-state index contributed by atoms with van der Waals surface area (Å²) in [6.45, 7) is 7.94. The van der Waals surface area contributed by atoms with Gasteiger partial charge in [-0.25, -0.2) is 4.98 Å². The Morgan fingerprint density at radius 1 is 0.696 bits per heavy atom. The molecule has 378 valence electrons. The molecule has 9 amide bonds. The number of nitrogens with one attached hydrogen (secondary N) is 9. The molecular formula is C47H71N13O9. The van der Waals surface area contributed by atoms with Crippen molar-refractivity contribution in [3.63, 3.8) is 0 Å². The number of carbonyl (C=O) groups is 9. The van der Waals surface area contributed by atoms with Gasteiger partial charge in [0.25, 0.3) is 0 Å². The second-order valence-electron chi connectivity index (χ2n) is 18.6. The minimum absolute atomic E-state index is 0.0132. The standard InChI is InChI=1S/C47H71N13O9/c1-25(2)33(15-17-39(62)56-35(42(50)64)18-28-10-6-7-11-28)58-46(68)37(20-30-22-51-24-54-30)57-40(63)23-53-47(69)41(26(3)4)60-43(65)27(5)55-45(67)36(59-44(66)32(48)14-16-38(49)61)19-29-21-52-34-13-9-8-12-31(29)34/h8-9,12-13,21-22,24-28,32-33,35-37,41,52H,6-7,10-11,14-20,23,48H2,1-5H3,(H2,49,61)(H2,50,64)(H,51,54)(H,53,69)(H,55,67)(H,56,62)(H,57,63)(H,58,68)(H,59,66)(H,60,65)/t27-,32-,33+,35+,36+,37-,41-/m0/s1. The smallest absolute Gasteiger partial charge is 0.243 e. The molecule has 22 nitrogen and oxygen atoms in total. The molecule has 1 saturated carbocycles. The van der Waals surface area contributed by atoms with Crippen LogP contribution in [0.25, 0.3) is 10.9 Å². The van der Waals surface area contributed by atoms with E-state index >= 15 is 0 Å². The predicted molar refractivity (Wildman–Crippen MR) is 256 cm³/mol. The van der Waals surface area contributed by atoms with Crippen molar-refractivity contribution in [2.45, 2.75) is 148 Å². The Kier molecular flexibility index (Phi) is 21.1. The molecule has 4 rings (SSSR count). The number of imidazole rings is 1. The Bertz CT molecular complexity index is 2240. The van der Waals surface area contributed by atoms with Crippen molar-refractivity contribution >= 4 is 64.1 Å². The van der Waals surface area contributed by atoms with Crippen LogP contribution < -0.4 is 54.4 Å². The highest BCUT2D eigenvalue weighted by Gasteiger charge is 2.32. The van der Waals surface area contributed by atoms with Crippen molar-refractivity contribution in [2.24, 2.45) is 35.0 Å². The van der Waals surface area contributed by atoms with Crippen LogP contribution in [0.5, 0.6) is 0 Å². The van der Waals surface area contributed by atoms with Crippen LogP contribution in [0.2, 0.25) is 0 Å². The highest BCUT2D eigenvalue weighted by atomic mass is 16.2. The van der Waals surface area contributed by atoms with Crippen LogP contribution in [0.1, 0.15) is 104 Å². The summed E-state index contributed by atoms with van der Waals surface area (Å²) in [5, 5.41) is 19.6. The van der Waals surface area contributed by atoms with Gasteiger partial charge in [0, 0.05) is 60.7 Å². The monoisotopic (exact) mass is 962 g/mol. The molecule has 1 aliphatic rings. The predicted octanol–water partition coefficient (Wildman–Crippen LogP) is -0.528. The van der Waals surface area contributed by atoms with E-state index in [2.05, 4.69) is 52.2 Å². The average molecular weight is 962 g/mol. The maximum absolute atomic E-state index is 13.8. The van der Waals surface area contributed by atoms with Gasteiger partial charge in [-0.05, 0) is 55.6 Å². The van der Waals surface area contributed by atoms with E-state index in [1.807, 2.05) is 38.1 Å². The first-order chi connectivity index (χ1) is 32.7. The quantitative estimate of drug-likeness (QED) is 0.0439. The summed E-state index contributed by atoms with van der Waals surface area (Å²) in [5.74, 6) is -6.00. The first kappa shape index (κ1) is 54.8. The molecule has 22 heteroatoms. The van der Waals surface area contributed by atoms with Crippen LogP contribution >= 0.6 is 0 Å². The number of rotatable bonds is 28. The van der Waals surface area contributed by atoms with E-state index in [1.54, 1.807) is 20.0 Å². The minimum atomic E-state index is -1.21. The lowest BCUT2D eigenvalue weighted by atomic mass is 9.96. The highest BCUT2D eigenvalue weighted by Crippen LogP contribution is 2.28. The maximum Gasteiger partial charge on any atom is 0.243 e. The van der Waals surface area contributed by atoms with Gasteiger partial charge in [0.1, 0.15) is 30.2 Å². The third kappa shape index (κ3) is 17.6. The normalized spacial score (nSPS) is 15.8. The number of carbonyl (C=O) groups excluding carboxylic acids is 9. The van der Waals surface area contributed by atoms with Gasteiger partial charge in [0.2, 0.25) is 53.2 Å². The van der Waals surface area contributed by atoms with Crippen LogP contribution in [-0.4, -0.2) is 117 Å². The van der Waals surface area contributed by atoms with Gasteiger partial charge in [-0.15, -0.1) is 0 Å². The number of amides is 9. The fraction of sp³-hybridized carbons (Fsp3) is 0.574. The van der Waals surface area contributed by atoms with E-state index in [9.17, 15) is 43.2 Å². The third-order valence-corrected chi connectivity index (χ3v) is 12.4. The Labute approximate surface area is 401 Å². The van der Waals surface area contributed by atoms with E-state index in [4.69, 9.17) is 17.2 Å². The summed E-state index contributed by atoms with van der Waals surface area (Å²) in [6, 6.07) is 0.248. The Morgan fingerprint density at radius 2 is 1.36 bits per heavy atom. The highest BCUT2D eigenvalue weighted by molar-refractivity contribution is 5.96. The summed E-state index contributed by atoms with van der Waals surface area (Å²) in [6.07, 6.45) is 9.37. The van der Waals surface area contributed by atoms with Crippen molar-refractivity contribution in [3.8, 4) is 0 Å². The summed E-state index contributed by atoms with van der Waals surface area (Å²) in [7, 11) is 0. The average Bonchev–Trinajstić information content (AvgIpc) is 4.10. The van der Waals surface area contributed by atoms with Crippen LogP contribution in [0.3, 0.4) is 0 Å². The maximum atomic E-state index is 13.8. The lowest BCUT2D eigenvalue weighted by molar-refractivity contribution is -0.134. The molecule has 0 spiro atoms. The number of aromatic amines is 2. The molecule has 3 aromatic rings. The number of nitrogens with two attached hydrogens (primary N) is 3. The zero-order valence-corrected chi connectivity index (χ0v) is 40.2. The number of hydrogen-bond acceptors (Lipinski definition) is 11. The van der Waals surface area contributed by atoms with Crippen LogP contribution in [0, 0.1) is 17.8 Å². The number of aromatic nitrogens is 3. The summed E-state index contributed by atoms with van der Waals surface area (Å²) in [4.78, 5) is 127. The number of H-pyrrole nitrogens is 2. The summed E-state index contributed by atoms with van der Waals surface area (Å²) < 4.78 is 0. The molecule has 2 aromatic heterocycles. The van der Waals surface area contributed by atoms with Crippen LogP contribution in [0.4, 0.5) is 0 Å². The van der Waals surface area contributed by atoms with Crippen LogP contribution in [0.15, 0.2) is 43.0 Å². The topological polar surface area (TPSA) is 360 Å². The molecular weight excluding hydrogens is 891 g/mol. The van der Waals surface area contributed by atoms with E-state index in [1.165, 1.54) is 19.4 Å². The van der Waals surface area contributed by atoms with Crippen molar-refractivity contribution in [3.05, 3.63) is 54.2 Å². The molecule has 0 bridgehead atoms. The molecule has 1 aliphatic carbocycles. The van der Waals surface area contributed by atoms with Crippen LogP contribution in [-0.2, 0) is 56.0 Å². The van der Waals surface area contributed by atoms with Crippen molar-refractivity contribution in [2.75, 3.05) is 6.54 Å². The number of fused-ring (bicyclic) bond motifs is 1. The molecule has 0 aliphatic heterocycles. The molecule has 0 radical (unpaired) electrons. The molecule has 0 saturated heterocycles. The fourth-order valence-electron chi connectivity index (χ4n) is 8.21. The van der Waals surface area contributed by atoms with E-state index in [-0.39, 0.29) is 50.4 Å². The molecule has 2 heterocycles. The van der Waals surface area contributed by atoms with Crippen molar-refractivity contribution < 1.29 is 43.2 Å². The first-order valence-electron chi connectivity index (χ1n) is 23.7.